The molecular formula is C15H21N3O. The predicted octanol–water partition coefficient (Wildman–Crippen LogP) is 2.76. The molecule has 1 aromatic heterocycles. The number of carbonyl (C=O) groups is 1. The number of pyridine rings is 1. The summed E-state index contributed by atoms with van der Waals surface area (Å²) in [5.41, 5.74) is 0.864. The third-order valence-corrected chi connectivity index (χ3v) is 3.85. The molecule has 0 fully saturated rings. The third-order valence-electron chi connectivity index (χ3n) is 3.85. The van der Waals surface area contributed by atoms with Crippen molar-refractivity contribution in [3.63, 3.8) is 0 Å². The number of aromatic nitrogens is 1. The van der Waals surface area contributed by atoms with Gasteiger partial charge in [-0.25, -0.2) is 4.98 Å². The largest absolute Gasteiger partial charge is 0.350 e. The number of carbonyl (C=O) groups excluding carboxylic acids is 1. The summed E-state index contributed by atoms with van der Waals surface area (Å²) in [6.07, 6.45) is 1.41. The van der Waals surface area contributed by atoms with Crippen LogP contribution in [0.3, 0.4) is 0 Å². The molecule has 0 unspecified atom stereocenters. The van der Waals surface area contributed by atoms with Crippen molar-refractivity contribution in [2.45, 2.75) is 34.6 Å². The van der Waals surface area contributed by atoms with Crippen LogP contribution < -0.4 is 5.32 Å². The molecule has 1 heterocycles. The van der Waals surface area contributed by atoms with Gasteiger partial charge in [0.15, 0.2) is 0 Å². The summed E-state index contributed by atoms with van der Waals surface area (Å²) >= 11 is 0. The molecule has 0 aliphatic heterocycles. The summed E-state index contributed by atoms with van der Waals surface area (Å²) in [5, 5.41) is 11.6. The second kappa shape index (κ2) is 5.40. The third kappa shape index (κ3) is 3.78. The van der Waals surface area contributed by atoms with E-state index >= 15 is 0 Å². The average Bonchev–Trinajstić information content (AvgIpc) is 2.35. The maximum atomic E-state index is 12.0. The lowest BCUT2D eigenvalue weighted by Crippen LogP contribution is -2.41. The predicted molar refractivity (Wildman–Crippen MR) is 74.5 cm³/mol. The fourth-order valence-corrected chi connectivity index (χ4v) is 1.25. The summed E-state index contributed by atoms with van der Waals surface area (Å²) in [5.74, 6) is -0.207. The first-order valence-electron chi connectivity index (χ1n) is 6.32. The van der Waals surface area contributed by atoms with Gasteiger partial charge in [0.25, 0.3) is 5.91 Å². The SMILES string of the molecule is CC(C)(C)C(C)(C)CNC(=O)c1ccc(C#N)cn1. The van der Waals surface area contributed by atoms with E-state index in [1.807, 2.05) is 6.07 Å². The maximum absolute atomic E-state index is 12.0. The monoisotopic (exact) mass is 259 g/mol. The van der Waals surface area contributed by atoms with E-state index in [1.165, 1.54) is 6.20 Å². The van der Waals surface area contributed by atoms with Gasteiger partial charge in [-0.05, 0) is 23.0 Å². The van der Waals surface area contributed by atoms with Crippen molar-refractivity contribution in [1.82, 2.24) is 10.3 Å². The van der Waals surface area contributed by atoms with E-state index < -0.39 is 0 Å². The second-order valence-electron chi connectivity index (χ2n) is 6.36. The lowest BCUT2D eigenvalue weighted by atomic mass is 9.69. The van der Waals surface area contributed by atoms with Gasteiger partial charge in [0, 0.05) is 12.7 Å². The zero-order chi connectivity index (χ0) is 14.7. The van der Waals surface area contributed by atoms with Crippen molar-refractivity contribution in [3.8, 4) is 6.07 Å². The molecule has 1 N–H and O–H groups in total. The molecule has 4 nitrogen and oxygen atoms in total. The Labute approximate surface area is 114 Å². The number of nitrogens with zero attached hydrogens (tertiary/aromatic N) is 2. The van der Waals surface area contributed by atoms with Gasteiger partial charge >= 0.3 is 0 Å². The molecule has 0 aliphatic carbocycles. The molecule has 0 saturated heterocycles. The fourth-order valence-electron chi connectivity index (χ4n) is 1.25. The van der Waals surface area contributed by atoms with Crippen LogP contribution in [0, 0.1) is 22.2 Å². The van der Waals surface area contributed by atoms with Gasteiger partial charge in [0.05, 0.1) is 5.56 Å². The number of hydrogen-bond acceptors (Lipinski definition) is 3. The Bertz CT molecular complexity index is 490. The highest BCUT2D eigenvalue weighted by Crippen LogP contribution is 2.36. The van der Waals surface area contributed by atoms with E-state index in [0.717, 1.165) is 0 Å². The Balaban J connectivity index is 2.68. The molecule has 102 valence electrons. The zero-order valence-corrected chi connectivity index (χ0v) is 12.2. The van der Waals surface area contributed by atoms with Crippen LogP contribution in [0.4, 0.5) is 0 Å². The van der Waals surface area contributed by atoms with Crippen molar-refractivity contribution >= 4 is 5.91 Å². The van der Waals surface area contributed by atoms with E-state index in [0.29, 0.717) is 17.8 Å². The van der Waals surface area contributed by atoms with Crippen LogP contribution >= 0.6 is 0 Å². The van der Waals surface area contributed by atoms with Gasteiger partial charge in [-0.1, -0.05) is 34.6 Å². The standard InChI is InChI=1S/C15H21N3O/c1-14(2,3)15(4,5)10-18-13(19)12-7-6-11(8-16)9-17-12/h6-7,9H,10H2,1-5H3,(H,18,19). The summed E-state index contributed by atoms with van der Waals surface area (Å²) in [7, 11) is 0. The molecule has 0 atom stereocenters. The van der Waals surface area contributed by atoms with E-state index in [9.17, 15) is 4.79 Å². The first-order chi connectivity index (χ1) is 8.67. The van der Waals surface area contributed by atoms with E-state index in [-0.39, 0.29) is 16.7 Å². The lowest BCUT2D eigenvalue weighted by Gasteiger charge is -2.38. The Hall–Kier alpha value is -1.89. The first-order valence-corrected chi connectivity index (χ1v) is 6.32. The highest BCUT2D eigenvalue weighted by Gasteiger charge is 2.33. The summed E-state index contributed by atoms with van der Waals surface area (Å²) in [6.45, 7) is 11.3. The average molecular weight is 259 g/mol. The molecule has 1 amide bonds. The van der Waals surface area contributed by atoms with Crippen molar-refractivity contribution in [1.29, 1.82) is 5.26 Å². The minimum atomic E-state index is -0.207. The molecule has 0 aromatic carbocycles. The number of nitriles is 1. The highest BCUT2D eigenvalue weighted by molar-refractivity contribution is 5.92. The van der Waals surface area contributed by atoms with Crippen LogP contribution in [-0.4, -0.2) is 17.4 Å². The van der Waals surface area contributed by atoms with Gasteiger partial charge < -0.3 is 5.32 Å². The van der Waals surface area contributed by atoms with Crippen molar-refractivity contribution in [2.24, 2.45) is 10.8 Å². The Morgan fingerprint density at radius 2 is 1.95 bits per heavy atom. The molecule has 0 radical (unpaired) electrons. The lowest BCUT2D eigenvalue weighted by molar-refractivity contribution is 0.0863. The van der Waals surface area contributed by atoms with Gasteiger partial charge in [0.2, 0.25) is 0 Å². The number of rotatable bonds is 3. The molecule has 0 spiro atoms. The molecule has 0 aliphatic rings. The molecule has 19 heavy (non-hydrogen) atoms. The van der Waals surface area contributed by atoms with E-state index in [4.69, 9.17) is 5.26 Å². The Morgan fingerprint density at radius 3 is 2.37 bits per heavy atom. The topological polar surface area (TPSA) is 65.8 Å². The van der Waals surface area contributed by atoms with E-state index in [2.05, 4.69) is 44.9 Å². The molecular weight excluding hydrogens is 238 g/mol. The zero-order valence-electron chi connectivity index (χ0n) is 12.2. The summed E-state index contributed by atoms with van der Waals surface area (Å²) in [4.78, 5) is 15.9. The van der Waals surface area contributed by atoms with Crippen LogP contribution in [0.15, 0.2) is 18.3 Å². The molecule has 0 bridgehead atoms. The summed E-state index contributed by atoms with van der Waals surface area (Å²) < 4.78 is 0. The van der Waals surface area contributed by atoms with Gasteiger partial charge in [-0.3, -0.25) is 4.79 Å². The van der Waals surface area contributed by atoms with Crippen LogP contribution in [0.25, 0.3) is 0 Å². The summed E-state index contributed by atoms with van der Waals surface area (Å²) in [6, 6.07) is 5.14. The van der Waals surface area contributed by atoms with Crippen LogP contribution in [0.2, 0.25) is 0 Å². The van der Waals surface area contributed by atoms with Crippen LogP contribution in [0.5, 0.6) is 0 Å². The number of hydrogen-bond donors (Lipinski definition) is 1. The normalized spacial score (nSPS) is 11.8. The molecule has 1 aromatic rings. The van der Waals surface area contributed by atoms with Gasteiger partial charge in [-0.2, -0.15) is 5.26 Å². The van der Waals surface area contributed by atoms with Crippen molar-refractivity contribution in [3.05, 3.63) is 29.6 Å². The number of nitrogens with one attached hydrogen (secondary N) is 1. The van der Waals surface area contributed by atoms with Crippen molar-refractivity contribution < 1.29 is 4.79 Å². The first kappa shape index (κ1) is 15.2. The second-order valence-corrected chi connectivity index (χ2v) is 6.36. The molecule has 4 heteroatoms. The van der Waals surface area contributed by atoms with Gasteiger partial charge in [0.1, 0.15) is 11.8 Å². The number of amides is 1. The van der Waals surface area contributed by atoms with Crippen LogP contribution in [-0.2, 0) is 0 Å². The highest BCUT2D eigenvalue weighted by atomic mass is 16.1. The fraction of sp³-hybridized carbons (Fsp3) is 0.533. The minimum Gasteiger partial charge on any atom is -0.350 e. The Kier molecular flexibility index (Phi) is 4.31. The van der Waals surface area contributed by atoms with Gasteiger partial charge in [-0.15, -0.1) is 0 Å². The van der Waals surface area contributed by atoms with Crippen molar-refractivity contribution in [2.75, 3.05) is 6.54 Å². The molecule has 1 rings (SSSR count). The minimum absolute atomic E-state index is 0.0186. The maximum Gasteiger partial charge on any atom is 0.269 e. The van der Waals surface area contributed by atoms with Crippen LogP contribution in [0.1, 0.15) is 50.7 Å². The quantitative estimate of drug-likeness (QED) is 0.907. The Morgan fingerprint density at radius 1 is 1.32 bits per heavy atom. The molecule has 0 saturated carbocycles. The van der Waals surface area contributed by atoms with E-state index in [1.54, 1.807) is 12.1 Å². The smallest absolute Gasteiger partial charge is 0.269 e.